The Morgan fingerprint density at radius 2 is 2.53 bits per heavy atom. The number of aliphatic hydroxyl groups excluding tert-OH is 1. The predicted octanol–water partition coefficient (Wildman–Crippen LogP) is 1.43. The molecule has 0 aromatic carbocycles. The molecule has 2 unspecified atom stereocenters. The molecular weight excluding hydrogens is 188 g/mol. The summed E-state index contributed by atoms with van der Waals surface area (Å²) in [5.41, 5.74) is 2.52. The first-order chi connectivity index (χ1) is 7.35. The van der Waals surface area contributed by atoms with Crippen molar-refractivity contribution in [2.75, 3.05) is 6.61 Å². The summed E-state index contributed by atoms with van der Waals surface area (Å²) in [5, 5.41) is 12.6. The molecule has 82 valence electrons. The fourth-order valence-electron chi connectivity index (χ4n) is 2.16. The summed E-state index contributed by atoms with van der Waals surface area (Å²) in [6.07, 6.45) is 5.00. The number of fused-ring (bicyclic) bond motifs is 1. The van der Waals surface area contributed by atoms with E-state index < -0.39 is 0 Å². The lowest BCUT2D eigenvalue weighted by Gasteiger charge is -2.19. The number of nitrogens with one attached hydrogen (secondary N) is 1. The van der Waals surface area contributed by atoms with Gasteiger partial charge in [0, 0.05) is 12.2 Å². The number of aliphatic hydroxyl groups is 1. The second kappa shape index (κ2) is 4.73. The quantitative estimate of drug-likeness (QED) is 0.783. The molecule has 0 saturated carbocycles. The van der Waals surface area contributed by atoms with Crippen LogP contribution in [0.1, 0.15) is 37.1 Å². The van der Waals surface area contributed by atoms with E-state index in [1.54, 1.807) is 0 Å². The van der Waals surface area contributed by atoms with Crippen molar-refractivity contribution < 1.29 is 5.11 Å². The molecule has 0 spiro atoms. The highest BCUT2D eigenvalue weighted by Gasteiger charge is 2.24. The Labute approximate surface area is 90.5 Å². The molecule has 1 aromatic heterocycles. The van der Waals surface area contributed by atoms with Crippen LogP contribution in [0.4, 0.5) is 0 Å². The lowest BCUT2D eigenvalue weighted by molar-refractivity contribution is 0.227. The Bertz CT molecular complexity index is 323. The van der Waals surface area contributed by atoms with E-state index >= 15 is 0 Å². The van der Waals surface area contributed by atoms with Crippen LogP contribution in [0.3, 0.4) is 0 Å². The molecule has 2 atom stereocenters. The molecule has 1 aliphatic carbocycles. The molecule has 0 radical (unpaired) electrons. The Kier molecular flexibility index (Phi) is 3.34. The van der Waals surface area contributed by atoms with Gasteiger partial charge < -0.3 is 10.4 Å². The number of pyridine rings is 1. The lowest BCUT2D eigenvalue weighted by atomic mass is 10.1. The minimum Gasteiger partial charge on any atom is -0.395 e. The van der Waals surface area contributed by atoms with Gasteiger partial charge in [-0.15, -0.1) is 0 Å². The van der Waals surface area contributed by atoms with Gasteiger partial charge in [0.25, 0.3) is 0 Å². The van der Waals surface area contributed by atoms with E-state index in [4.69, 9.17) is 5.11 Å². The van der Waals surface area contributed by atoms with Gasteiger partial charge in [0.1, 0.15) is 0 Å². The zero-order valence-electron chi connectivity index (χ0n) is 9.11. The van der Waals surface area contributed by atoms with Crippen molar-refractivity contribution in [2.45, 2.75) is 38.3 Å². The minimum absolute atomic E-state index is 0.197. The first kappa shape index (κ1) is 10.6. The smallest absolute Gasteiger partial charge is 0.0605 e. The molecule has 1 heterocycles. The summed E-state index contributed by atoms with van der Waals surface area (Å²) >= 11 is 0. The zero-order valence-corrected chi connectivity index (χ0v) is 9.11. The topological polar surface area (TPSA) is 45.1 Å². The van der Waals surface area contributed by atoms with Gasteiger partial charge in [0.2, 0.25) is 0 Å². The Morgan fingerprint density at radius 3 is 3.27 bits per heavy atom. The standard InChI is InChI=1S/C12H18N2O/c1-2-10(8-15)14-11-6-5-9-4-3-7-13-12(9)11/h3-4,7,10-11,14-15H,2,5-6,8H2,1H3. The van der Waals surface area contributed by atoms with Crippen LogP contribution < -0.4 is 5.32 Å². The number of hydrogen-bond donors (Lipinski definition) is 2. The van der Waals surface area contributed by atoms with Gasteiger partial charge in [-0.2, -0.15) is 0 Å². The molecule has 0 bridgehead atoms. The highest BCUT2D eigenvalue weighted by Crippen LogP contribution is 2.29. The largest absolute Gasteiger partial charge is 0.395 e. The summed E-state index contributed by atoms with van der Waals surface area (Å²) in [4.78, 5) is 4.42. The molecule has 1 aliphatic rings. The number of hydrogen-bond acceptors (Lipinski definition) is 3. The maximum Gasteiger partial charge on any atom is 0.0605 e. The molecule has 0 aliphatic heterocycles. The summed E-state index contributed by atoms with van der Waals surface area (Å²) in [7, 11) is 0. The van der Waals surface area contributed by atoms with Gasteiger partial charge in [-0.3, -0.25) is 4.98 Å². The molecule has 1 aromatic rings. The second-order valence-corrected chi connectivity index (χ2v) is 4.09. The van der Waals surface area contributed by atoms with Crippen molar-refractivity contribution in [3.63, 3.8) is 0 Å². The van der Waals surface area contributed by atoms with Crippen molar-refractivity contribution in [3.8, 4) is 0 Å². The van der Waals surface area contributed by atoms with Crippen molar-refractivity contribution in [2.24, 2.45) is 0 Å². The van der Waals surface area contributed by atoms with Crippen molar-refractivity contribution in [1.82, 2.24) is 10.3 Å². The summed E-state index contributed by atoms with van der Waals surface area (Å²) in [5.74, 6) is 0. The van der Waals surface area contributed by atoms with Gasteiger partial charge in [-0.25, -0.2) is 0 Å². The van der Waals surface area contributed by atoms with Crippen LogP contribution in [-0.2, 0) is 6.42 Å². The first-order valence-electron chi connectivity index (χ1n) is 5.65. The molecule has 0 saturated heterocycles. The van der Waals surface area contributed by atoms with Gasteiger partial charge in [0.15, 0.2) is 0 Å². The molecular formula is C12H18N2O. The maximum atomic E-state index is 9.15. The van der Waals surface area contributed by atoms with E-state index in [1.165, 1.54) is 11.3 Å². The van der Waals surface area contributed by atoms with Crippen LogP contribution in [0.25, 0.3) is 0 Å². The summed E-state index contributed by atoms with van der Waals surface area (Å²) in [6, 6.07) is 4.66. The molecule has 0 amide bonds. The van der Waals surface area contributed by atoms with Crippen LogP contribution >= 0.6 is 0 Å². The van der Waals surface area contributed by atoms with Crippen molar-refractivity contribution >= 4 is 0 Å². The number of aryl methyl sites for hydroxylation is 1. The van der Waals surface area contributed by atoms with Crippen LogP contribution in [0.15, 0.2) is 18.3 Å². The third-order valence-corrected chi connectivity index (χ3v) is 3.11. The fraction of sp³-hybridized carbons (Fsp3) is 0.583. The molecule has 2 N–H and O–H groups in total. The van der Waals surface area contributed by atoms with E-state index in [0.717, 1.165) is 19.3 Å². The highest BCUT2D eigenvalue weighted by molar-refractivity contribution is 5.27. The van der Waals surface area contributed by atoms with Gasteiger partial charge in [-0.05, 0) is 30.9 Å². The molecule has 3 heteroatoms. The van der Waals surface area contributed by atoms with E-state index in [2.05, 4.69) is 23.3 Å². The SMILES string of the molecule is CCC(CO)NC1CCc2cccnc21. The van der Waals surface area contributed by atoms with E-state index in [0.29, 0.717) is 6.04 Å². The summed E-state index contributed by atoms with van der Waals surface area (Å²) < 4.78 is 0. The first-order valence-corrected chi connectivity index (χ1v) is 5.65. The van der Waals surface area contributed by atoms with Crippen LogP contribution in [0.5, 0.6) is 0 Å². The molecule has 2 rings (SSSR count). The average molecular weight is 206 g/mol. The maximum absolute atomic E-state index is 9.15. The number of aromatic nitrogens is 1. The van der Waals surface area contributed by atoms with E-state index in [9.17, 15) is 0 Å². The average Bonchev–Trinajstić information content (AvgIpc) is 2.69. The van der Waals surface area contributed by atoms with Gasteiger partial charge >= 0.3 is 0 Å². The fourth-order valence-corrected chi connectivity index (χ4v) is 2.16. The molecule has 0 fully saturated rings. The normalized spacial score (nSPS) is 21.3. The second-order valence-electron chi connectivity index (χ2n) is 4.09. The number of rotatable bonds is 4. The highest BCUT2D eigenvalue weighted by atomic mass is 16.3. The van der Waals surface area contributed by atoms with Crippen LogP contribution in [0, 0.1) is 0 Å². The van der Waals surface area contributed by atoms with Gasteiger partial charge in [-0.1, -0.05) is 13.0 Å². The van der Waals surface area contributed by atoms with Crippen LogP contribution in [0.2, 0.25) is 0 Å². The Hall–Kier alpha value is -0.930. The Balaban J connectivity index is 2.07. The Morgan fingerprint density at radius 1 is 1.67 bits per heavy atom. The van der Waals surface area contributed by atoms with Crippen LogP contribution in [-0.4, -0.2) is 22.7 Å². The molecule has 3 nitrogen and oxygen atoms in total. The molecule has 15 heavy (non-hydrogen) atoms. The van der Waals surface area contributed by atoms with Gasteiger partial charge in [0.05, 0.1) is 18.3 Å². The van der Waals surface area contributed by atoms with E-state index in [1.807, 2.05) is 12.3 Å². The zero-order chi connectivity index (χ0) is 10.7. The van der Waals surface area contributed by atoms with Crippen molar-refractivity contribution in [1.29, 1.82) is 0 Å². The monoisotopic (exact) mass is 206 g/mol. The lowest BCUT2D eigenvalue weighted by Crippen LogP contribution is -2.34. The summed E-state index contributed by atoms with van der Waals surface area (Å²) in [6.45, 7) is 2.29. The van der Waals surface area contributed by atoms with E-state index in [-0.39, 0.29) is 12.6 Å². The van der Waals surface area contributed by atoms with Crippen molar-refractivity contribution in [3.05, 3.63) is 29.6 Å². The number of nitrogens with zero attached hydrogens (tertiary/aromatic N) is 1. The predicted molar refractivity (Wildman–Crippen MR) is 59.6 cm³/mol. The third-order valence-electron chi connectivity index (χ3n) is 3.11. The third kappa shape index (κ3) is 2.19. The minimum atomic E-state index is 0.197.